The third-order valence-electron chi connectivity index (χ3n) is 3.87. The third kappa shape index (κ3) is 3.90. The number of imidazole rings is 1. The molecule has 0 radical (unpaired) electrons. The Morgan fingerprint density at radius 1 is 1.17 bits per heavy atom. The SMILES string of the molecule is Cc1ccn(CC(=O)N(C)Cc2nccn2Cc2ccccc2)n1. The number of likely N-dealkylation sites (N-methyl/N-ethyl adjacent to an activating group) is 1. The van der Waals surface area contributed by atoms with E-state index in [0.29, 0.717) is 6.54 Å². The molecule has 0 aliphatic carbocycles. The van der Waals surface area contributed by atoms with Crippen LogP contribution in [-0.2, 0) is 24.4 Å². The van der Waals surface area contributed by atoms with E-state index in [4.69, 9.17) is 0 Å². The lowest BCUT2D eigenvalue weighted by Crippen LogP contribution is -2.31. The largest absolute Gasteiger partial charge is 0.337 e. The molecular weight excluding hydrogens is 302 g/mol. The van der Waals surface area contributed by atoms with Crippen LogP contribution in [0.1, 0.15) is 17.1 Å². The smallest absolute Gasteiger partial charge is 0.244 e. The molecule has 1 aromatic carbocycles. The Kier molecular flexibility index (Phi) is 4.74. The summed E-state index contributed by atoms with van der Waals surface area (Å²) in [5.74, 6) is 0.874. The van der Waals surface area contributed by atoms with Crippen molar-refractivity contribution < 1.29 is 4.79 Å². The van der Waals surface area contributed by atoms with Gasteiger partial charge in [0, 0.05) is 32.2 Å². The Hall–Kier alpha value is -2.89. The number of hydrogen-bond donors (Lipinski definition) is 0. The number of aryl methyl sites for hydroxylation is 1. The molecular formula is C18H21N5O. The molecule has 0 fully saturated rings. The van der Waals surface area contributed by atoms with E-state index in [1.54, 1.807) is 22.8 Å². The summed E-state index contributed by atoms with van der Waals surface area (Å²) in [6.07, 6.45) is 5.53. The topological polar surface area (TPSA) is 56.0 Å². The Balaban J connectivity index is 1.63. The van der Waals surface area contributed by atoms with Gasteiger partial charge in [-0.3, -0.25) is 9.48 Å². The van der Waals surface area contributed by atoms with Crippen LogP contribution in [0.25, 0.3) is 0 Å². The summed E-state index contributed by atoms with van der Waals surface area (Å²) in [5, 5.41) is 4.25. The standard InChI is InChI=1S/C18H21N5O/c1-15-8-10-23(20-15)14-18(24)21(2)13-17-19-9-11-22(17)12-16-6-4-3-5-7-16/h3-11H,12-14H2,1-2H3. The maximum atomic E-state index is 12.3. The average molecular weight is 323 g/mol. The minimum Gasteiger partial charge on any atom is -0.337 e. The van der Waals surface area contributed by atoms with Gasteiger partial charge in [-0.05, 0) is 18.6 Å². The number of nitrogens with zero attached hydrogens (tertiary/aromatic N) is 5. The van der Waals surface area contributed by atoms with Crippen LogP contribution in [0.4, 0.5) is 0 Å². The van der Waals surface area contributed by atoms with Crippen molar-refractivity contribution in [3.8, 4) is 0 Å². The molecule has 2 aromatic heterocycles. The van der Waals surface area contributed by atoms with E-state index >= 15 is 0 Å². The van der Waals surface area contributed by atoms with Gasteiger partial charge in [0.1, 0.15) is 12.4 Å². The predicted octanol–water partition coefficient (Wildman–Crippen LogP) is 2.09. The van der Waals surface area contributed by atoms with Crippen LogP contribution < -0.4 is 0 Å². The fraction of sp³-hybridized carbons (Fsp3) is 0.278. The second-order valence-electron chi connectivity index (χ2n) is 5.86. The van der Waals surface area contributed by atoms with Crippen LogP contribution in [0.15, 0.2) is 55.0 Å². The van der Waals surface area contributed by atoms with E-state index in [9.17, 15) is 4.79 Å². The van der Waals surface area contributed by atoms with Gasteiger partial charge >= 0.3 is 0 Å². The van der Waals surface area contributed by atoms with Crippen LogP contribution in [0.5, 0.6) is 0 Å². The molecule has 3 aromatic rings. The second-order valence-corrected chi connectivity index (χ2v) is 5.86. The van der Waals surface area contributed by atoms with Crippen molar-refractivity contribution in [2.24, 2.45) is 0 Å². The number of benzene rings is 1. The molecule has 0 saturated heterocycles. The van der Waals surface area contributed by atoms with Gasteiger partial charge in [-0.2, -0.15) is 5.10 Å². The van der Waals surface area contributed by atoms with Crippen LogP contribution in [-0.4, -0.2) is 37.2 Å². The van der Waals surface area contributed by atoms with Crippen LogP contribution in [0.2, 0.25) is 0 Å². The van der Waals surface area contributed by atoms with E-state index < -0.39 is 0 Å². The number of rotatable bonds is 6. The highest BCUT2D eigenvalue weighted by atomic mass is 16.2. The van der Waals surface area contributed by atoms with Crippen molar-refractivity contribution in [1.29, 1.82) is 0 Å². The maximum absolute atomic E-state index is 12.3. The monoisotopic (exact) mass is 323 g/mol. The molecule has 0 bridgehead atoms. The zero-order valence-electron chi connectivity index (χ0n) is 14.0. The Morgan fingerprint density at radius 2 is 1.96 bits per heavy atom. The maximum Gasteiger partial charge on any atom is 0.244 e. The van der Waals surface area contributed by atoms with Gasteiger partial charge in [0.15, 0.2) is 0 Å². The first-order valence-corrected chi connectivity index (χ1v) is 7.90. The predicted molar refractivity (Wildman–Crippen MR) is 91.2 cm³/mol. The summed E-state index contributed by atoms with van der Waals surface area (Å²) in [6, 6.07) is 12.1. The number of hydrogen-bond acceptors (Lipinski definition) is 3. The first-order chi connectivity index (χ1) is 11.6. The number of carbonyl (C=O) groups excluding carboxylic acids is 1. The first kappa shape index (κ1) is 16.0. The van der Waals surface area contributed by atoms with E-state index in [2.05, 4.69) is 26.8 Å². The molecule has 0 N–H and O–H groups in total. The minimum absolute atomic E-state index is 0.00682. The molecule has 0 saturated carbocycles. The van der Waals surface area contributed by atoms with Crippen molar-refractivity contribution in [2.45, 2.75) is 26.6 Å². The van der Waals surface area contributed by atoms with E-state index in [-0.39, 0.29) is 12.5 Å². The lowest BCUT2D eigenvalue weighted by atomic mass is 10.2. The lowest BCUT2D eigenvalue weighted by molar-refractivity contribution is -0.131. The minimum atomic E-state index is 0.00682. The molecule has 124 valence electrons. The van der Waals surface area contributed by atoms with Gasteiger partial charge in [0.05, 0.1) is 12.2 Å². The highest BCUT2D eigenvalue weighted by Gasteiger charge is 2.13. The number of amides is 1. The quantitative estimate of drug-likeness (QED) is 0.698. The molecule has 0 spiro atoms. The summed E-state index contributed by atoms with van der Waals surface area (Å²) < 4.78 is 3.72. The van der Waals surface area contributed by atoms with Gasteiger partial charge in [-0.1, -0.05) is 30.3 Å². The summed E-state index contributed by atoms with van der Waals surface area (Å²) >= 11 is 0. The third-order valence-corrected chi connectivity index (χ3v) is 3.87. The van der Waals surface area contributed by atoms with Crippen molar-refractivity contribution in [1.82, 2.24) is 24.2 Å². The fourth-order valence-corrected chi connectivity index (χ4v) is 2.53. The van der Waals surface area contributed by atoms with Gasteiger partial charge in [-0.15, -0.1) is 0 Å². The normalized spacial score (nSPS) is 10.8. The zero-order chi connectivity index (χ0) is 16.9. The van der Waals surface area contributed by atoms with Gasteiger partial charge < -0.3 is 9.47 Å². The van der Waals surface area contributed by atoms with Crippen molar-refractivity contribution >= 4 is 5.91 Å². The van der Waals surface area contributed by atoms with Crippen LogP contribution in [0.3, 0.4) is 0 Å². The molecule has 6 heteroatoms. The molecule has 0 unspecified atom stereocenters. The fourth-order valence-electron chi connectivity index (χ4n) is 2.53. The van der Waals surface area contributed by atoms with Crippen molar-refractivity contribution in [3.63, 3.8) is 0 Å². The Labute approximate surface area is 141 Å². The molecule has 0 aliphatic heterocycles. The first-order valence-electron chi connectivity index (χ1n) is 7.90. The summed E-state index contributed by atoms with van der Waals surface area (Å²) in [4.78, 5) is 18.4. The summed E-state index contributed by atoms with van der Waals surface area (Å²) in [6.45, 7) is 3.37. The van der Waals surface area contributed by atoms with E-state index in [0.717, 1.165) is 18.1 Å². The summed E-state index contributed by atoms with van der Waals surface area (Å²) in [7, 11) is 1.79. The van der Waals surface area contributed by atoms with Gasteiger partial charge in [0.2, 0.25) is 5.91 Å². The highest BCUT2D eigenvalue weighted by Crippen LogP contribution is 2.08. The number of aromatic nitrogens is 4. The molecule has 0 atom stereocenters. The molecule has 6 nitrogen and oxygen atoms in total. The lowest BCUT2D eigenvalue weighted by Gasteiger charge is -2.18. The molecule has 0 aliphatic rings. The van der Waals surface area contributed by atoms with Crippen LogP contribution >= 0.6 is 0 Å². The molecule has 3 rings (SSSR count). The van der Waals surface area contributed by atoms with Crippen molar-refractivity contribution in [3.05, 3.63) is 72.1 Å². The molecule has 24 heavy (non-hydrogen) atoms. The number of carbonyl (C=O) groups is 1. The highest BCUT2D eigenvalue weighted by molar-refractivity contribution is 5.75. The second kappa shape index (κ2) is 7.12. The van der Waals surface area contributed by atoms with E-state index in [1.165, 1.54) is 5.56 Å². The van der Waals surface area contributed by atoms with E-state index in [1.807, 2.05) is 43.6 Å². The van der Waals surface area contributed by atoms with Gasteiger partial charge in [-0.25, -0.2) is 4.98 Å². The zero-order valence-corrected chi connectivity index (χ0v) is 14.0. The van der Waals surface area contributed by atoms with Crippen LogP contribution in [0, 0.1) is 6.92 Å². The Morgan fingerprint density at radius 3 is 2.67 bits per heavy atom. The average Bonchev–Trinajstić information content (AvgIpc) is 3.17. The van der Waals surface area contributed by atoms with Crippen molar-refractivity contribution in [2.75, 3.05) is 7.05 Å². The molecule has 2 heterocycles. The Bertz CT molecular complexity index is 806. The summed E-state index contributed by atoms with van der Waals surface area (Å²) in [5.41, 5.74) is 2.11. The molecule has 1 amide bonds. The van der Waals surface area contributed by atoms with Gasteiger partial charge in [0.25, 0.3) is 0 Å².